The number of aliphatic carboxylic acids is 1. The number of rotatable bonds is 3. The van der Waals surface area contributed by atoms with Crippen LogP contribution in [0.2, 0.25) is 0 Å². The van der Waals surface area contributed by atoms with Gasteiger partial charge in [-0.15, -0.1) is 0 Å². The summed E-state index contributed by atoms with van der Waals surface area (Å²) in [4.78, 5) is 24.8. The quantitative estimate of drug-likeness (QED) is 0.509. The van der Waals surface area contributed by atoms with Gasteiger partial charge in [0.15, 0.2) is 0 Å². The van der Waals surface area contributed by atoms with Crippen LogP contribution in [0.5, 0.6) is 0 Å². The predicted molar refractivity (Wildman–Crippen MR) is 137 cm³/mol. The number of carbonyl (C=O) groups is 2. The topological polar surface area (TPSA) is 86.6 Å². The van der Waals surface area contributed by atoms with Gasteiger partial charge in [-0.25, -0.2) is 0 Å². The van der Waals surface area contributed by atoms with Crippen LogP contribution < -0.4 is 5.32 Å². The van der Waals surface area contributed by atoms with E-state index in [1.165, 1.54) is 17.5 Å². The predicted octanol–water partition coefficient (Wildman–Crippen LogP) is 6.13. The van der Waals surface area contributed by atoms with Crippen LogP contribution >= 0.6 is 0 Å². The zero-order valence-electron chi connectivity index (χ0n) is 21.5. The van der Waals surface area contributed by atoms with Crippen LogP contribution in [0.15, 0.2) is 24.3 Å². The van der Waals surface area contributed by atoms with Crippen molar-refractivity contribution in [1.29, 1.82) is 0 Å². The molecule has 0 bridgehead atoms. The van der Waals surface area contributed by atoms with E-state index in [0.29, 0.717) is 0 Å². The number of hydrogen-bond donors (Lipinski definition) is 3. The van der Waals surface area contributed by atoms with Gasteiger partial charge in [-0.1, -0.05) is 49.1 Å². The second-order valence-corrected chi connectivity index (χ2v) is 11.0. The SMILES string of the molecule is CC(C)(C)O.Cc1ccc(-c2c(C)c3c(c(C)c2CC(=O)O)NC(=O)C2(CCCCC2)C3)cc1. The van der Waals surface area contributed by atoms with Crippen LogP contribution in [0.1, 0.15) is 80.7 Å². The molecule has 1 fully saturated rings. The lowest BCUT2D eigenvalue weighted by atomic mass is 9.66. The van der Waals surface area contributed by atoms with E-state index in [2.05, 4.69) is 43.4 Å². The lowest BCUT2D eigenvalue weighted by Gasteiger charge is -2.41. The van der Waals surface area contributed by atoms with Crippen LogP contribution in [0.3, 0.4) is 0 Å². The Balaban J connectivity index is 0.000000588. The minimum Gasteiger partial charge on any atom is -0.481 e. The Kier molecular flexibility index (Phi) is 7.56. The van der Waals surface area contributed by atoms with Gasteiger partial charge in [0.25, 0.3) is 0 Å². The van der Waals surface area contributed by atoms with E-state index in [9.17, 15) is 14.7 Å². The molecule has 5 nitrogen and oxygen atoms in total. The van der Waals surface area contributed by atoms with E-state index in [-0.39, 0.29) is 17.7 Å². The number of benzene rings is 2. The van der Waals surface area contributed by atoms with Gasteiger partial charge in [0, 0.05) is 5.69 Å². The van der Waals surface area contributed by atoms with Gasteiger partial charge < -0.3 is 15.5 Å². The zero-order chi connectivity index (χ0) is 25.3. The molecule has 0 aromatic heterocycles. The van der Waals surface area contributed by atoms with Gasteiger partial charge >= 0.3 is 5.97 Å². The number of amides is 1. The number of hydrogen-bond acceptors (Lipinski definition) is 3. The lowest BCUT2D eigenvalue weighted by Crippen LogP contribution is -2.44. The molecule has 1 aliphatic heterocycles. The first-order valence-corrected chi connectivity index (χ1v) is 12.3. The van der Waals surface area contributed by atoms with Crippen molar-refractivity contribution in [2.24, 2.45) is 5.41 Å². The van der Waals surface area contributed by atoms with E-state index >= 15 is 0 Å². The molecule has 2 aromatic carbocycles. The Morgan fingerprint density at radius 1 is 1.00 bits per heavy atom. The van der Waals surface area contributed by atoms with Crippen molar-refractivity contribution in [3.05, 3.63) is 52.1 Å². The van der Waals surface area contributed by atoms with Gasteiger partial charge in [0.2, 0.25) is 5.91 Å². The van der Waals surface area contributed by atoms with Crippen molar-refractivity contribution >= 4 is 17.6 Å². The average Bonchev–Trinajstić information content (AvgIpc) is 2.74. The summed E-state index contributed by atoms with van der Waals surface area (Å²) < 4.78 is 0. The third-order valence-electron chi connectivity index (χ3n) is 6.97. The number of aliphatic hydroxyl groups is 1. The van der Waals surface area contributed by atoms with Gasteiger partial charge in [0.05, 0.1) is 17.4 Å². The van der Waals surface area contributed by atoms with Gasteiger partial charge in [-0.2, -0.15) is 0 Å². The first kappa shape index (κ1) is 26.0. The van der Waals surface area contributed by atoms with Crippen LogP contribution in [0.25, 0.3) is 11.1 Å². The second kappa shape index (κ2) is 9.91. The number of nitrogens with one attached hydrogen (secondary N) is 1. The Morgan fingerprint density at radius 2 is 1.56 bits per heavy atom. The van der Waals surface area contributed by atoms with Crippen molar-refractivity contribution in [3.8, 4) is 11.1 Å². The Hall–Kier alpha value is -2.66. The fourth-order valence-electron chi connectivity index (χ4n) is 5.30. The van der Waals surface area contributed by atoms with E-state index in [4.69, 9.17) is 5.11 Å². The van der Waals surface area contributed by atoms with E-state index in [1.807, 2.05) is 6.92 Å². The third kappa shape index (κ3) is 5.69. The van der Waals surface area contributed by atoms with Crippen molar-refractivity contribution in [3.63, 3.8) is 0 Å². The van der Waals surface area contributed by atoms with E-state index in [1.54, 1.807) is 20.8 Å². The molecule has 1 amide bonds. The van der Waals surface area contributed by atoms with E-state index in [0.717, 1.165) is 65.6 Å². The molecule has 1 saturated carbocycles. The first-order chi connectivity index (χ1) is 15.8. The molecule has 2 aromatic rings. The molecule has 184 valence electrons. The molecule has 0 unspecified atom stereocenters. The molecule has 34 heavy (non-hydrogen) atoms. The normalized spacial score (nSPS) is 16.9. The number of carboxylic acids is 1. The second-order valence-electron chi connectivity index (χ2n) is 11.0. The van der Waals surface area contributed by atoms with Crippen molar-refractivity contribution in [2.45, 2.75) is 92.1 Å². The number of aryl methyl sites for hydroxylation is 1. The minimum atomic E-state index is -0.855. The van der Waals surface area contributed by atoms with Crippen molar-refractivity contribution in [2.75, 3.05) is 5.32 Å². The smallest absolute Gasteiger partial charge is 0.307 e. The number of anilines is 1. The number of carboxylic acid groups (broad SMARTS) is 1. The van der Waals surface area contributed by atoms with Crippen LogP contribution in [-0.2, 0) is 22.4 Å². The molecule has 4 rings (SSSR count). The maximum absolute atomic E-state index is 13.1. The molecule has 5 heteroatoms. The zero-order valence-corrected chi connectivity index (χ0v) is 21.5. The summed E-state index contributed by atoms with van der Waals surface area (Å²) in [6, 6.07) is 8.29. The summed E-state index contributed by atoms with van der Waals surface area (Å²) >= 11 is 0. The minimum absolute atomic E-state index is 0.0514. The summed E-state index contributed by atoms with van der Waals surface area (Å²) in [6.07, 6.45) is 5.98. The molecule has 3 N–H and O–H groups in total. The van der Waals surface area contributed by atoms with Crippen molar-refractivity contribution < 1.29 is 19.8 Å². The molecule has 0 radical (unpaired) electrons. The maximum atomic E-state index is 13.1. The van der Waals surface area contributed by atoms with Crippen LogP contribution in [-0.4, -0.2) is 27.7 Å². The highest BCUT2D eigenvalue weighted by atomic mass is 16.4. The molecule has 1 heterocycles. The molecular formula is C29H39NO4. The van der Waals surface area contributed by atoms with Gasteiger partial charge in [-0.3, -0.25) is 9.59 Å². The highest BCUT2D eigenvalue weighted by Crippen LogP contribution is 2.48. The fraction of sp³-hybridized carbons (Fsp3) is 0.517. The summed E-state index contributed by atoms with van der Waals surface area (Å²) in [5, 5.41) is 21.3. The molecule has 0 saturated heterocycles. The molecule has 1 aliphatic carbocycles. The summed E-state index contributed by atoms with van der Waals surface area (Å²) in [7, 11) is 0. The fourth-order valence-corrected chi connectivity index (χ4v) is 5.30. The molecule has 1 spiro atoms. The number of carbonyl (C=O) groups excluding carboxylic acids is 1. The maximum Gasteiger partial charge on any atom is 0.307 e. The summed E-state index contributed by atoms with van der Waals surface area (Å²) in [5.74, 6) is -0.733. The first-order valence-electron chi connectivity index (χ1n) is 12.3. The molecular weight excluding hydrogens is 426 g/mol. The standard InChI is InChI=1S/C25H29NO3.C4H10O/c1-15-7-9-18(10-8-15)22-16(2)20-14-25(11-5-4-6-12-25)24(29)26-23(20)17(3)19(22)13-21(27)28;1-4(2,3)5/h7-10H,4-6,11-14H2,1-3H3,(H,26,29)(H,27,28);5H,1-3H3. The van der Waals surface area contributed by atoms with E-state index < -0.39 is 11.6 Å². The summed E-state index contributed by atoms with van der Waals surface area (Å²) in [5.41, 5.74) is 7.27. The third-order valence-corrected chi connectivity index (χ3v) is 6.97. The Bertz CT molecular complexity index is 1070. The van der Waals surface area contributed by atoms with Gasteiger partial charge in [-0.05, 0) is 94.2 Å². The molecule has 2 aliphatic rings. The van der Waals surface area contributed by atoms with Gasteiger partial charge in [0.1, 0.15) is 0 Å². The van der Waals surface area contributed by atoms with Crippen LogP contribution in [0, 0.1) is 26.2 Å². The highest BCUT2D eigenvalue weighted by Gasteiger charge is 2.44. The molecule has 0 atom stereocenters. The monoisotopic (exact) mass is 465 g/mol. The average molecular weight is 466 g/mol. The highest BCUT2D eigenvalue weighted by molar-refractivity contribution is 6.01. The number of fused-ring (bicyclic) bond motifs is 1. The Morgan fingerprint density at radius 3 is 2.09 bits per heavy atom. The lowest BCUT2D eigenvalue weighted by molar-refractivity contribution is -0.136. The van der Waals surface area contributed by atoms with Crippen molar-refractivity contribution in [1.82, 2.24) is 0 Å². The van der Waals surface area contributed by atoms with Crippen LogP contribution in [0.4, 0.5) is 5.69 Å². The summed E-state index contributed by atoms with van der Waals surface area (Å²) in [6.45, 7) is 11.3. The largest absolute Gasteiger partial charge is 0.481 e. The Labute approximate surface area is 203 Å².